The van der Waals surface area contributed by atoms with Crippen LogP contribution in [-0.2, 0) is 13.5 Å². The Kier molecular flexibility index (Phi) is 3.63. The van der Waals surface area contributed by atoms with Crippen molar-refractivity contribution in [2.45, 2.75) is 57.0 Å². The molecule has 2 aliphatic rings. The maximum Gasteiger partial charge on any atom is 0.109 e. The molecule has 0 atom stereocenters. The number of hydrogen-bond donors (Lipinski definition) is 1. The SMILES string of the molecule is Cn1ccnc1CCN1CC(C)(C)NCC12CCCC2. The van der Waals surface area contributed by atoms with E-state index in [-0.39, 0.29) is 5.54 Å². The van der Waals surface area contributed by atoms with Crippen LogP contribution in [0, 0.1) is 0 Å². The summed E-state index contributed by atoms with van der Waals surface area (Å²) in [6.45, 7) is 8.08. The molecule has 2 heterocycles. The summed E-state index contributed by atoms with van der Waals surface area (Å²) in [5.41, 5.74) is 0.649. The van der Waals surface area contributed by atoms with Crippen molar-refractivity contribution in [1.82, 2.24) is 19.8 Å². The van der Waals surface area contributed by atoms with Gasteiger partial charge in [0.25, 0.3) is 0 Å². The van der Waals surface area contributed by atoms with Gasteiger partial charge in [-0.3, -0.25) is 4.90 Å². The summed E-state index contributed by atoms with van der Waals surface area (Å²) >= 11 is 0. The van der Waals surface area contributed by atoms with Gasteiger partial charge in [-0.2, -0.15) is 0 Å². The van der Waals surface area contributed by atoms with Gasteiger partial charge >= 0.3 is 0 Å². The Bertz CT molecular complexity index is 457. The van der Waals surface area contributed by atoms with Gasteiger partial charge in [0.05, 0.1) is 0 Å². The van der Waals surface area contributed by atoms with E-state index < -0.39 is 0 Å². The van der Waals surface area contributed by atoms with Gasteiger partial charge in [0.15, 0.2) is 0 Å². The third kappa shape index (κ3) is 2.63. The van der Waals surface area contributed by atoms with Gasteiger partial charge in [-0.25, -0.2) is 4.98 Å². The van der Waals surface area contributed by atoms with Gasteiger partial charge in [-0.05, 0) is 26.7 Å². The van der Waals surface area contributed by atoms with Crippen LogP contribution >= 0.6 is 0 Å². The number of imidazole rings is 1. The van der Waals surface area contributed by atoms with E-state index in [2.05, 4.69) is 40.7 Å². The topological polar surface area (TPSA) is 33.1 Å². The van der Waals surface area contributed by atoms with Gasteiger partial charge < -0.3 is 9.88 Å². The molecule has 112 valence electrons. The Morgan fingerprint density at radius 1 is 1.30 bits per heavy atom. The predicted octanol–water partition coefficient (Wildman–Crippen LogP) is 1.96. The first-order chi connectivity index (χ1) is 9.51. The van der Waals surface area contributed by atoms with Crippen LogP contribution in [0.25, 0.3) is 0 Å². The second kappa shape index (κ2) is 5.15. The fourth-order valence-electron chi connectivity index (χ4n) is 3.93. The average Bonchev–Trinajstić information content (AvgIpc) is 3.01. The number of piperazine rings is 1. The molecule has 1 aliphatic carbocycles. The second-order valence-corrected chi connectivity index (χ2v) is 7.29. The van der Waals surface area contributed by atoms with Crippen LogP contribution in [0.1, 0.15) is 45.4 Å². The second-order valence-electron chi connectivity index (χ2n) is 7.29. The van der Waals surface area contributed by atoms with Crippen molar-refractivity contribution in [3.8, 4) is 0 Å². The lowest BCUT2D eigenvalue weighted by Crippen LogP contribution is -2.67. The Balaban J connectivity index is 1.71. The Morgan fingerprint density at radius 2 is 2.05 bits per heavy atom. The molecular weight excluding hydrogens is 248 g/mol. The molecule has 1 spiro atoms. The summed E-state index contributed by atoms with van der Waals surface area (Å²) in [6, 6.07) is 0. The minimum Gasteiger partial charge on any atom is -0.338 e. The normalized spacial score (nSPS) is 25.4. The number of aryl methyl sites for hydroxylation is 1. The van der Waals surface area contributed by atoms with Gasteiger partial charge in [0.1, 0.15) is 5.82 Å². The van der Waals surface area contributed by atoms with Crippen molar-refractivity contribution in [2.75, 3.05) is 19.6 Å². The zero-order chi connectivity index (χ0) is 14.2. The van der Waals surface area contributed by atoms with E-state index in [1.807, 2.05) is 12.4 Å². The number of rotatable bonds is 3. The highest BCUT2D eigenvalue weighted by Gasteiger charge is 2.45. The van der Waals surface area contributed by atoms with Crippen molar-refractivity contribution in [3.05, 3.63) is 18.2 Å². The number of nitrogens with zero attached hydrogens (tertiary/aromatic N) is 3. The van der Waals surface area contributed by atoms with Crippen LogP contribution in [0.3, 0.4) is 0 Å². The van der Waals surface area contributed by atoms with Gasteiger partial charge in [0, 0.05) is 56.6 Å². The van der Waals surface area contributed by atoms with E-state index in [4.69, 9.17) is 0 Å². The van der Waals surface area contributed by atoms with Crippen LogP contribution in [0.2, 0.25) is 0 Å². The molecule has 2 fully saturated rings. The quantitative estimate of drug-likeness (QED) is 0.916. The molecule has 0 unspecified atom stereocenters. The van der Waals surface area contributed by atoms with E-state index in [0.29, 0.717) is 5.54 Å². The molecule has 1 aromatic rings. The predicted molar refractivity (Wildman–Crippen MR) is 81.8 cm³/mol. The molecule has 0 bridgehead atoms. The van der Waals surface area contributed by atoms with E-state index >= 15 is 0 Å². The fourth-order valence-corrected chi connectivity index (χ4v) is 3.93. The molecule has 1 saturated carbocycles. The monoisotopic (exact) mass is 276 g/mol. The summed E-state index contributed by atoms with van der Waals surface area (Å²) in [7, 11) is 2.09. The number of nitrogens with one attached hydrogen (secondary N) is 1. The summed E-state index contributed by atoms with van der Waals surface area (Å²) in [5.74, 6) is 1.20. The zero-order valence-corrected chi connectivity index (χ0v) is 13.2. The van der Waals surface area contributed by atoms with Gasteiger partial charge in [-0.15, -0.1) is 0 Å². The largest absolute Gasteiger partial charge is 0.338 e. The van der Waals surface area contributed by atoms with E-state index in [9.17, 15) is 0 Å². The highest BCUT2D eigenvalue weighted by Crippen LogP contribution is 2.38. The fraction of sp³-hybridized carbons (Fsp3) is 0.812. The van der Waals surface area contributed by atoms with E-state index in [1.165, 1.54) is 31.5 Å². The lowest BCUT2D eigenvalue weighted by Gasteiger charge is -2.51. The van der Waals surface area contributed by atoms with Crippen molar-refractivity contribution in [3.63, 3.8) is 0 Å². The lowest BCUT2D eigenvalue weighted by molar-refractivity contribution is 0.0194. The van der Waals surface area contributed by atoms with Crippen molar-refractivity contribution < 1.29 is 0 Å². The Morgan fingerprint density at radius 3 is 2.70 bits per heavy atom. The Hall–Kier alpha value is -0.870. The number of aromatic nitrogens is 2. The van der Waals surface area contributed by atoms with Crippen molar-refractivity contribution in [2.24, 2.45) is 7.05 Å². The third-order valence-electron chi connectivity index (χ3n) is 5.21. The van der Waals surface area contributed by atoms with Crippen molar-refractivity contribution >= 4 is 0 Å². The third-order valence-corrected chi connectivity index (χ3v) is 5.21. The van der Waals surface area contributed by atoms with Crippen LogP contribution in [-0.4, -0.2) is 45.2 Å². The molecule has 0 amide bonds. The van der Waals surface area contributed by atoms with E-state index in [1.54, 1.807) is 0 Å². The van der Waals surface area contributed by atoms with Crippen LogP contribution in [0.4, 0.5) is 0 Å². The standard InChI is InChI=1S/C16H28N4/c1-15(2)13-20(10-6-14-17-9-11-19(14)3)16(12-18-15)7-4-5-8-16/h9,11,18H,4-8,10,12-13H2,1-3H3. The van der Waals surface area contributed by atoms with Gasteiger partial charge in [0.2, 0.25) is 0 Å². The van der Waals surface area contributed by atoms with Crippen LogP contribution < -0.4 is 5.32 Å². The van der Waals surface area contributed by atoms with Crippen LogP contribution in [0.15, 0.2) is 12.4 Å². The molecule has 1 aliphatic heterocycles. The first-order valence-electron chi connectivity index (χ1n) is 7.97. The lowest BCUT2D eigenvalue weighted by atomic mass is 9.87. The summed E-state index contributed by atoms with van der Waals surface area (Å²) in [5, 5.41) is 3.76. The summed E-state index contributed by atoms with van der Waals surface area (Å²) in [6.07, 6.45) is 10.5. The first-order valence-corrected chi connectivity index (χ1v) is 7.97. The maximum absolute atomic E-state index is 4.47. The molecule has 0 radical (unpaired) electrons. The molecule has 1 saturated heterocycles. The molecule has 3 rings (SSSR count). The molecule has 4 heteroatoms. The smallest absolute Gasteiger partial charge is 0.109 e. The minimum absolute atomic E-state index is 0.232. The minimum atomic E-state index is 0.232. The highest BCUT2D eigenvalue weighted by atomic mass is 15.3. The molecule has 20 heavy (non-hydrogen) atoms. The maximum atomic E-state index is 4.47. The zero-order valence-electron chi connectivity index (χ0n) is 13.2. The number of hydrogen-bond acceptors (Lipinski definition) is 3. The molecule has 1 aromatic heterocycles. The van der Waals surface area contributed by atoms with E-state index in [0.717, 1.165) is 26.1 Å². The molecule has 4 nitrogen and oxygen atoms in total. The average molecular weight is 276 g/mol. The highest BCUT2D eigenvalue weighted by molar-refractivity contribution is 5.05. The summed E-state index contributed by atoms with van der Waals surface area (Å²) < 4.78 is 2.15. The van der Waals surface area contributed by atoms with Gasteiger partial charge in [-0.1, -0.05) is 12.8 Å². The molecule has 0 aromatic carbocycles. The van der Waals surface area contributed by atoms with Crippen LogP contribution in [0.5, 0.6) is 0 Å². The molecule has 1 N–H and O–H groups in total. The first kappa shape index (κ1) is 14.1. The van der Waals surface area contributed by atoms with Crippen molar-refractivity contribution in [1.29, 1.82) is 0 Å². The summed E-state index contributed by atoms with van der Waals surface area (Å²) in [4.78, 5) is 7.23. The Labute approximate surface area is 122 Å². The molecular formula is C16H28N4.